The second-order valence-corrected chi connectivity index (χ2v) is 7.54. The van der Waals surface area contributed by atoms with Gasteiger partial charge in [-0.25, -0.2) is 0 Å². The summed E-state index contributed by atoms with van der Waals surface area (Å²) in [6.07, 6.45) is 9.59. The van der Waals surface area contributed by atoms with E-state index >= 15 is 0 Å². The Morgan fingerprint density at radius 3 is 2.33 bits per heavy atom. The fourth-order valence-corrected chi connectivity index (χ4v) is 3.24. The van der Waals surface area contributed by atoms with E-state index in [0.29, 0.717) is 6.61 Å². The topological polar surface area (TPSA) is 30.5 Å². The lowest BCUT2D eigenvalue weighted by atomic mass is 9.84. The SMILES string of the molecule is COCCOCCCC1CCCCCC1CNC(C)(C)C. The molecule has 0 aromatic heterocycles. The highest BCUT2D eigenvalue weighted by molar-refractivity contribution is 4.79. The third kappa shape index (κ3) is 9.49. The minimum atomic E-state index is 0.236. The van der Waals surface area contributed by atoms with E-state index in [1.165, 1.54) is 51.5 Å². The minimum absolute atomic E-state index is 0.236. The van der Waals surface area contributed by atoms with E-state index < -0.39 is 0 Å². The van der Waals surface area contributed by atoms with E-state index in [-0.39, 0.29) is 5.54 Å². The molecule has 1 rings (SSSR count). The average Bonchev–Trinajstić information content (AvgIpc) is 2.65. The van der Waals surface area contributed by atoms with Crippen LogP contribution >= 0.6 is 0 Å². The van der Waals surface area contributed by atoms with Gasteiger partial charge in [0.15, 0.2) is 0 Å². The van der Waals surface area contributed by atoms with Gasteiger partial charge in [0.05, 0.1) is 13.2 Å². The molecular formula is C18H37NO2. The molecule has 0 aromatic rings. The van der Waals surface area contributed by atoms with Crippen molar-refractivity contribution >= 4 is 0 Å². The summed E-state index contributed by atoms with van der Waals surface area (Å²) in [5.74, 6) is 1.74. The maximum atomic E-state index is 5.61. The maximum Gasteiger partial charge on any atom is 0.0700 e. The first-order valence-corrected chi connectivity index (χ1v) is 8.84. The molecule has 0 saturated heterocycles. The summed E-state index contributed by atoms with van der Waals surface area (Å²) in [6.45, 7) is 10.3. The van der Waals surface area contributed by atoms with Gasteiger partial charge in [0.25, 0.3) is 0 Å². The van der Waals surface area contributed by atoms with E-state index in [4.69, 9.17) is 9.47 Å². The Morgan fingerprint density at radius 1 is 0.952 bits per heavy atom. The number of nitrogens with one attached hydrogen (secondary N) is 1. The number of ether oxygens (including phenoxy) is 2. The zero-order valence-corrected chi connectivity index (χ0v) is 14.7. The molecule has 3 nitrogen and oxygen atoms in total. The zero-order chi connectivity index (χ0) is 15.6. The highest BCUT2D eigenvalue weighted by Crippen LogP contribution is 2.32. The normalized spacial score (nSPS) is 24.0. The lowest BCUT2D eigenvalue weighted by Crippen LogP contribution is -2.40. The molecule has 3 heteroatoms. The summed E-state index contributed by atoms with van der Waals surface area (Å²) in [4.78, 5) is 0. The molecule has 1 aliphatic carbocycles. The summed E-state index contributed by atoms with van der Waals surface area (Å²) in [5, 5.41) is 3.72. The fraction of sp³-hybridized carbons (Fsp3) is 1.00. The van der Waals surface area contributed by atoms with Crippen LogP contribution in [0.15, 0.2) is 0 Å². The second-order valence-electron chi connectivity index (χ2n) is 7.54. The Morgan fingerprint density at radius 2 is 1.67 bits per heavy atom. The van der Waals surface area contributed by atoms with Crippen LogP contribution in [0.5, 0.6) is 0 Å². The van der Waals surface area contributed by atoms with Crippen LogP contribution in [-0.2, 0) is 9.47 Å². The lowest BCUT2D eigenvalue weighted by Gasteiger charge is -2.30. The molecule has 0 bridgehead atoms. The number of hydrogen-bond acceptors (Lipinski definition) is 3. The molecule has 0 radical (unpaired) electrons. The van der Waals surface area contributed by atoms with Crippen LogP contribution in [0.1, 0.15) is 65.7 Å². The summed E-state index contributed by atoms with van der Waals surface area (Å²) >= 11 is 0. The molecular weight excluding hydrogens is 262 g/mol. The van der Waals surface area contributed by atoms with Gasteiger partial charge >= 0.3 is 0 Å². The molecule has 0 aliphatic heterocycles. The molecule has 0 spiro atoms. The maximum absolute atomic E-state index is 5.61. The van der Waals surface area contributed by atoms with Crippen LogP contribution in [0, 0.1) is 11.8 Å². The molecule has 1 aliphatic rings. The van der Waals surface area contributed by atoms with Gasteiger partial charge in [-0.3, -0.25) is 0 Å². The molecule has 0 amide bonds. The van der Waals surface area contributed by atoms with Crippen LogP contribution in [-0.4, -0.2) is 39.0 Å². The average molecular weight is 299 g/mol. The summed E-state index contributed by atoms with van der Waals surface area (Å²) < 4.78 is 10.6. The van der Waals surface area contributed by atoms with Crippen LogP contribution in [0.3, 0.4) is 0 Å². The second kappa shape index (κ2) is 10.6. The quantitative estimate of drug-likeness (QED) is 0.515. The van der Waals surface area contributed by atoms with E-state index in [1.807, 2.05) is 0 Å². The lowest BCUT2D eigenvalue weighted by molar-refractivity contribution is 0.0656. The van der Waals surface area contributed by atoms with Crippen LogP contribution in [0.2, 0.25) is 0 Å². The third-order valence-electron chi connectivity index (χ3n) is 4.51. The highest BCUT2D eigenvalue weighted by Gasteiger charge is 2.24. The van der Waals surface area contributed by atoms with Gasteiger partial charge in [0.1, 0.15) is 0 Å². The molecule has 1 saturated carbocycles. The summed E-state index contributed by atoms with van der Waals surface area (Å²) in [5.41, 5.74) is 0.236. The van der Waals surface area contributed by atoms with Crippen molar-refractivity contribution < 1.29 is 9.47 Å². The number of rotatable bonds is 9. The molecule has 0 heterocycles. The van der Waals surface area contributed by atoms with Crippen LogP contribution in [0.25, 0.3) is 0 Å². The largest absolute Gasteiger partial charge is 0.382 e. The molecule has 126 valence electrons. The number of hydrogen-bond donors (Lipinski definition) is 1. The smallest absolute Gasteiger partial charge is 0.0700 e. The highest BCUT2D eigenvalue weighted by atomic mass is 16.5. The van der Waals surface area contributed by atoms with Crippen molar-refractivity contribution in [2.75, 3.05) is 33.5 Å². The Kier molecular flexibility index (Phi) is 9.54. The molecule has 1 fully saturated rings. The van der Waals surface area contributed by atoms with Crippen molar-refractivity contribution in [1.82, 2.24) is 5.32 Å². The van der Waals surface area contributed by atoms with Gasteiger partial charge in [0.2, 0.25) is 0 Å². The molecule has 2 atom stereocenters. The molecule has 21 heavy (non-hydrogen) atoms. The van der Waals surface area contributed by atoms with Gasteiger partial charge in [-0.15, -0.1) is 0 Å². The van der Waals surface area contributed by atoms with Gasteiger partial charge < -0.3 is 14.8 Å². The van der Waals surface area contributed by atoms with Crippen molar-refractivity contribution in [3.63, 3.8) is 0 Å². The Hall–Kier alpha value is -0.120. The third-order valence-corrected chi connectivity index (χ3v) is 4.51. The first-order valence-electron chi connectivity index (χ1n) is 8.84. The summed E-state index contributed by atoms with van der Waals surface area (Å²) in [6, 6.07) is 0. The standard InChI is InChI=1S/C18H37NO2/c1-18(2,3)19-15-17-10-7-5-6-9-16(17)11-8-12-21-14-13-20-4/h16-17,19H,5-15H2,1-4H3. The zero-order valence-electron chi connectivity index (χ0n) is 14.7. The van der Waals surface area contributed by atoms with Crippen molar-refractivity contribution in [3.05, 3.63) is 0 Å². The van der Waals surface area contributed by atoms with E-state index in [9.17, 15) is 0 Å². The van der Waals surface area contributed by atoms with Crippen LogP contribution in [0.4, 0.5) is 0 Å². The predicted molar refractivity (Wildman–Crippen MR) is 89.7 cm³/mol. The van der Waals surface area contributed by atoms with E-state index in [2.05, 4.69) is 26.1 Å². The van der Waals surface area contributed by atoms with Crippen molar-refractivity contribution in [2.45, 2.75) is 71.3 Å². The number of methoxy groups -OCH3 is 1. The van der Waals surface area contributed by atoms with Crippen molar-refractivity contribution in [2.24, 2.45) is 11.8 Å². The van der Waals surface area contributed by atoms with Gasteiger partial charge in [-0.05, 0) is 58.4 Å². The Balaban J connectivity index is 2.28. The first-order chi connectivity index (χ1) is 10.0. The van der Waals surface area contributed by atoms with Crippen molar-refractivity contribution in [1.29, 1.82) is 0 Å². The first kappa shape index (κ1) is 18.9. The van der Waals surface area contributed by atoms with E-state index in [0.717, 1.165) is 25.0 Å². The van der Waals surface area contributed by atoms with Crippen molar-refractivity contribution in [3.8, 4) is 0 Å². The molecule has 1 N–H and O–H groups in total. The Labute approximate surface area is 132 Å². The monoisotopic (exact) mass is 299 g/mol. The fourth-order valence-electron chi connectivity index (χ4n) is 3.24. The molecule has 2 unspecified atom stereocenters. The van der Waals surface area contributed by atoms with Gasteiger partial charge in [0, 0.05) is 19.3 Å². The van der Waals surface area contributed by atoms with Gasteiger partial charge in [-0.1, -0.05) is 25.7 Å². The molecule has 0 aromatic carbocycles. The van der Waals surface area contributed by atoms with E-state index in [1.54, 1.807) is 7.11 Å². The predicted octanol–water partition coefficient (Wildman–Crippen LogP) is 4.01. The minimum Gasteiger partial charge on any atom is -0.382 e. The summed E-state index contributed by atoms with van der Waals surface area (Å²) in [7, 11) is 1.72. The van der Waals surface area contributed by atoms with Crippen LogP contribution < -0.4 is 5.32 Å². The Bertz CT molecular complexity index is 250. The van der Waals surface area contributed by atoms with Gasteiger partial charge in [-0.2, -0.15) is 0 Å².